The normalized spacial score (nSPS) is 12.3. The number of aromatic nitrogens is 2. The van der Waals surface area contributed by atoms with Gasteiger partial charge in [0, 0.05) is 12.1 Å². The molecule has 1 aliphatic rings. The Morgan fingerprint density at radius 1 is 1.09 bits per heavy atom. The number of hydrogen-bond donors (Lipinski definition) is 0. The number of non-ortho nitro benzene ring substituents is 1. The second-order valence-electron chi connectivity index (χ2n) is 4.88. The Labute approximate surface area is 122 Å². The Hall–Kier alpha value is -3.35. The van der Waals surface area contributed by atoms with Crippen LogP contribution in [0.1, 0.15) is 16.2 Å². The average molecular weight is 293 g/mol. The molecule has 7 nitrogen and oxygen atoms in total. The predicted octanol–water partition coefficient (Wildman–Crippen LogP) is 1.84. The fourth-order valence-corrected chi connectivity index (χ4v) is 2.64. The molecule has 106 valence electrons. The van der Waals surface area contributed by atoms with Crippen LogP contribution in [-0.2, 0) is 0 Å². The molecule has 4 rings (SSSR count). The summed E-state index contributed by atoms with van der Waals surface area (Å²) in [5.41, 5.74) is 0.448. The van der Waals surface area contributed by atoms with E-state index in [1.165, 1.54) is 22.8 Å². The van der Waals surface area contributed by atoms with Crippen LogP contribution in [0.2, 0.25) is 0 Å². The van der Waals surface area contributed by atoms with Gasteiger partial charge in [0.15, 0.2) is 5.82 Å². The van der Waals surface area contributed by atoms with Gasteiger partial charge in [0.25, 0.3) is 11.2 Å². The van der Waals surface area contributed by atoms with Crippen LogP contribution in [0.25, 0.3) is 16.6 Å². The summed E-state index contributed by atoms with van der Waals surface area (Å²) in [6, 6.07) is 10.5. The third kappa shape index (κ3) is 1.47. The van der Waals surface area contributed by atoms with Gasteiger partial charge in [-0.05, 0) is 18.2 Å². The SMILES string of the molecule is O=C1c2ccccc2-n2c1nc1cc([N+](=O)[O-])ccc1c2=O. The second kappa shape index (κ2) is 4.08. The number of carbonyl (C=O) groups excluding carboxylic acids is 1. The number of rotatable bonds is 1. The van der Waals surface area contributed by atoms with Crippen molar-refractivity contribution < 1.29 is 9.72 Å². The molecule has 0 bridgehead atoms. The van der Waals surface area contributed by atoms with E-state index in [1.807, 2.05) is 0 Å². The van der Waals surface area contributed by atoms with Crippen LogP contribution in [0.5, 0.6) is 0 Å². The summed E-state index contributed by atoms with van der Waals surface area (Å²) in [6.45, 7) is 0. The number of nitro benzene ring substituents is 1. The third-order valence-corrected chi connectivity index (χ3v) is 3.66. The highest BCUT2D eigenvalue weighted by molar-refractivity contribution is 6.13. The molecule has 7 heteroatoms. The third-order valence-electron chi connectivity index (χ3n) is 3.66. The number of hydrogen-bond acceptors (Lipinski definition) is 5. The van der Waals surface area contributed by atoms with Gasteiger partial charge in [-0.15, -0.1) is 0 Å². The molecule has 0 fully saturated rings. The van der Waals surface area contributed by atoms with E-state index in [0.717, 1.165) is 0 Å². The second-order valence-corrected chi connectivity index (χ2v) is 4.88. The summed E-state index contributed by atoms with van der Waals surface area (Å²) in [5, 5.41) is 11.1. The van der Waals surface area contributed by atoms with Gasteiger partial charge in [0.2, 0.25) is 5.78 Å². The van der Waals surface area contributed by atoms with Gasteiger partial charge in [-0.25, -0.2) is 4.98 Å². The molecule has 22 heavy (non-hydrogen) atoms. The number of benzene rings is 2. The first-order valence-corrected chi connectivity index (χ1v) is 6.43. The van der Waals surface area contributed by atoms with Crippen molar-refractivity contribution in [2.24, 2.45) is 0 Å². The molecule has 2 heterocycles. The molecule has 2 aromatic carbocycles. The molecule has 0 saturated carbocycles. The summed E-state index contributed by atoms with van der Waals surface area (Å²) < 4.78 is 1.26. The van der Waals surface area contributed by atoms with E-state index in [4.69, 9.17) is 0 Å². The van der Waals surface area contributed by atoms with Crippen molar-refractivity contribution in [3.8, 4) is 5.69 Å². The zero-order chi connectivity index (χ0) is 15.4. The fourth-order valence-electron chi connectivity index (χ4n) is 2.64. The van der Waals surface area contributed by atoms with Crippen LogP contribution in [0.15, 0.2) is 47.3 Å². The predicted molar refractivity (Wildman–Crippen MR) is 77.4 cm³/mol. The van der Waals surface area contributed by atoms with Gasteiger partial charge in [0.1, 0.15) is 0 Å². The van der Waals surface area contributed by atoms with Crippen molar-refractivity contribution in [1.29, 1.82) is 0 Å². The Balaban J connectivity index is 2.12. The molecule has 0 atom stereocenters. The minimum atomic E-state index is -0.567. The molecular formula is C15H7N3O4. The molecule has 0 saturated heterocycles. The molecule has 1 aliphatic heterocycles. The quantitative estimate of drug-likeness (QED) is 0.394. The summed E-state index contributed by atoms with van der Waals surface area (Å²) in [6.07, 6.45) is 0. The molecule has 0 aliphatic carbocycles. The Kier molecular flexibility index (Phi) is 2.30. The van der Waals surface area contributed by atoms with E-state index >= 15 is 0 Å². The zero-order valence-electron chi connectivity index (χ0n) is 11.0. The molecule has 0 spiro atoms. The highest BCUT2D eigenvalue weighted by Gasteiger charge is 2.30. The number of carbonyl (C=O) groups is 1. The maximum Gasteiger partial charge on any atom is 0.271 e. The van der Waals surface area contributed by atoms with Crippen LogP contribution in [0.3, 0.4) is 0 Å². The van der Waals surface area contributed by atoms with Gasteiger partial charge in [-0.1, -0.05) is 12.1 Å². The van der Waals surface area contributed by atoms with Gasteiger partial charge >= 0.3 is 0 Å². The number of fused-ring (bicyclic) bond motifs is 4. The highest BCUT2D eigenvalue weighted by atomic mass is 16.6. The Bertz CT molecular complexity index is 1050. The minimum absolute atomic E-state index is 0.0146. The smallest absolute Gasteiger partial charge is 0.271 e. The van der Waals surface area contributed by atoms with Crippen molar-refractivity contribution in [2.45, 2.75) is 0 Å². The van der Waals surface area contributed by atoms with E-state index in [2.05, 4.69) is 4.98 Å². The Morgan fingerprint density at radius 3 is 2.64 bits per heavy atom. The molecule has 0 amide bonds. The monoisotopic (exact) mass is 293 g/mol. The maximum absolute atomic E-state index is 12.6. The summed E-state index contributed by atoms with van der Waals surface area (Å²) in [4.78, 5) is 39.4. The number of nitrogens with zero attached hydrogens (tertiary/aromatic N) is 3. The first-order chi connectivity index (χ1) is 10.6. The zero-order valence-corrected chi connectivity index (χ0v) is 11.0. The molecule has 0 unspecified atom stereocenters. The van der Waals surface area contributed by atoms with Crippen molar-refractivity contribution in [3.05, 3.63) is 74.3 Å². The lowest BCUT2D eigenvalue weighted by Gasteiger charge is -2.05. The van der Waals surface area contributed by atoms with E-state index in [1.54, 1.807) is 24.3 Å². The summed E-state index contributed by atoms with van der Waals surface area (Å²) >= 11 is 0. The number of para-hydroxylation sites is 1. The number of ketones is 1. The lowest BCUT2D eigenvalue weighted by Crippen LogP contribution is -2.21. The van der Waals surface area contributed by atoms with Gasteiger partial charge in [0.05, 0.1) is 27.1 Å². The van der Waals surface area contributed by atoms with Crippen molar-refractivity contribution in [3.63, 3.8) is 0 Å². The van der Waals surface area contributed by atoms with E-state index in [0.29, 0.717) is 11.3 Å². The van der Waals surface area contributed by atoms with Crippen LogP contribution in [0, 0.1) is 10.1 Å². The summed E-state index contributed by atoms with van der Waals surface area (Å²) in [5.74, 6) is -0.375. The van der Waals surface area contributed by atoms with Crippen molar-refractivity contribution >= 4 is 22.4 Å². The van der Waals surface area contributed by atoms with Gasteiger partial charge in [-0.3, -0.25) is 24.3 Å². The highest BCUT2D eigenvalue weighted by Crippen LogP contribution is 2.26. The topological polar surface area (TPSA) is 95.1 Å². The fraction of sp³-hybridized carbons (Fsp3) is 0. The Morgan fingerprint density at radius 2 is 1.86 bits per heavy atom. The van der Waals surface area contributed by atoms with E-state index in [9.17, 15) is 19.7 Å². The van der Waals surface area contributed by atoms with Gasteiger partial charge < -0.3 is 0 Å². The van der Waals surface area contributed by atoms with Crippen LogP contribution in [-0.4, -0.2) is 20.3 Å². The number of nitro groups is 1. The minimum Gasteiger partial charge on any atom is -0.285 e. The molecule has 0 radical (unpaired) electrons. The lowest BCUT2D eigenvalue weighted by atomic mass is 10.1. The maximum atomic E-state index is 12.6. The molecule has 3 aromatic rings. The van der Waals surface area contributed by atoms with Crippen LogP contribution in [0.4, 0.5) is 5.69 Å². The van der Waals surface area contributed by atoms with Crippen molar-refractivity contribution in [2.75, 3.05) is 0 Å². The standard InChI is InChI=1S/C15H7N3O4/c19-13-10-3-1-2-4-12(10)17-14(13)16-11-7-8(18(21)22)5-6-9(11)15(17)20/h1-7H. The van der Waals surface area contributed by atoms with Gasteiger partial charge in [-0.2, -0.15) is 0 Å². The van der Waals surface area contributed by atoms with Crippen molar-refractivity contribution in [1.82, 2.24) is 9.55 Å². The largest absolute Gasteiger partial charge is 0.285 e. The molecule has 1 aromatic heterocycles. The molecule has 0 N–H and O–H groups in total. The van der Waals surface area contributed by atoms with E-state index < -0.39 is 10.5 Å². The van der Waals surface area contributed by atoms with Crippen LogP contribution < -0.4 is 5.56 Å². The summed E-state index contributed by atoms with van der Waals surface area (Å²) in [7, 11) is 0. The van der Waals surface area contributed by atoms with E-state index in [-0.39, 0.29) is 28.2 Å². The molecular weight excluding hydrogens is 286 g/mol. The first kappa shape index (κ1) is 12.4. The lowest BCUT2D eigenvalue weighted by molar-refractivity contribution is -0.384. The van der Waals surface area contributed by atoms with Crippen LogP contribution >= 0.6 is 0 Å². The first-order valence-electron chi connectivity index (χ1n) is 6.43. The average Bonchev–Trinajstić information content (AvgIpc) is 2.81.